The zero-order chi connectivity index (χ0) is 16.2. The van der Waals surface area contributed by atoms with Crippen molar-refractivity contribution in [2.75, 3.05) is 0 Å². The summed E-state index contributed by atoms with van der Waals surface area (Å²) in [5.74, 6) is 0.198. The van der Waals surface area contributed by atoms with Gasteiger partial charge in [0.05, 0.1) is 6.04 Å². The van der Waals surface area contributed by atoms with E-state index in [4.69, 9.17) is 5.73 Å². The summed E-state index contributed by atoms with van der Waals surface area (Å²) in [5.41, 5.74) is 9.22. The van der Waals surface area contributed by atoms with Gasteiger partial charge in [0.2, 0.25) is 5.91 Å². The highest BCUT2D eigenvalue weighted by Gasteiger charge is 2.28. The third-order valence-corrected chi connectivity index (χ3v) is 4.61. The number of halogens is 2. The topological polar surface area (TPSA) is 68.0 Å². The maximum absolute atomic E-state index is 12.3. The lowest BCUT2D eigenvalue weighted by Crippen LogP contribution is -2.32. The summed E-state index contributed by atoms with van der Waals surface area (Å²) >= 11 is 0. The number of nitrogens with two attached hydrogens (primary N) is 1. The molecule has 3 atom stereocenters. The Balaban J connectivity index is 0.00000156. The van der Waals surface area contributed by atoms with Crippen molar-refractivity contribution in [1.29, 1.82) is 0 Å². The number of rotatable bonds is 4. The van der Waals surface area contributed by atoms with E-state index in [2.05, 4.69) is 34.6 Å². The Morgan fingerprint density at radius 3 is 2.44 bits per heavy atom. The third kappa shape index (κ3) is 5.43. The molecule has 1 heterocycles. The average Bonchev–Trinajstić information content (AvgIpc) is 3.02. The van der Waals surface area contributed by atoms with Crippen molar-refractivity contribution in [3.05, 3.63) is 54.4 Å². The Morgan fingerprint density at radius 2 is 1.88 bits per heavy atom. The molecule has 3 N–H and O–H groups in total. The molecule has 0 saturated heterocycles. The van der Waals surface area contributed by atoms with E-state index in [1.807, 2.05) is 25.3 Å². The van der Waals surface area contributed by atoms with E-state index in [1.54, 1.807) is 6.20 Å². The molecule has 0 radical (unpaired) electrons. The van der Waals surface area contributed by atoms with E-state index in [9.17, 15) is 4.79 Å². The van der Waals surface area contributed by atoms with E-state index in [0.29, 0.717) is 0 Å². The molecule has 1 amide bonds. The van der Waals surface area contributed by atoms with Crippen LogP contribution >= 0.6 is 24.8 Å². The van der Waals surface area contributed by atoms with Crippen LogP contribution in [0.3, 0.4) is 0 Å². The fraction of sp³-hybridized carbons (Fsp3) is 0.368. The lowest BCUT2D eigenvalue weighted by atomic mass is 10.0. The number of carbonyl (C=O) groups excluding carboxylic acids is 1. The number of pyridine rings is 1. The van der Waals surface area contributed by atoms with Crippen LogP contribution in [0.1, 0.15) is 37.8 Å². The summed E-state index contributed by atoms with van der Waals surface area (Å²) < 4.78 is 0. The average molecular weight is 382 g/mol. The first-order valence-corrected chi connectivity index (χ1v) is 8.20. The maximum atomic E-state index is 12.3. The second-order valence-corrected chi connectivity index (χ2v) is 6.36. The molecule has 25 heavy (non-hydrogen) atoms. The second kappa shape index (κ2) is 9.76. The number of aromatic nitrogens is 1. The highest BCUT2D eigenvalue weighted by atomic mass is 35.5. The van der Waals surface area contributed by atoms with Gasteiger partial charge in [0.25, 0.3) is 0 Å². The van der Waals surface area contributed by atoms with Crippen molar-refractivity contribution in [3.63, 3.8) is 0 Å². The second-order valence-electron chi connectivity index (χ2n) is 6.36. The molecule has 1 aliphatic rings. The van der Waals surface area contributed by atoms with Crippen LogP contribution in [0.5, 0.6) is 0 Å². The first-order chi connectivity index (χ1) is 11.1. The number of carbonyl (C=O) groups is 1. The van der Waals surface area contributed by atoms with Crippen molar-refractivity contribution in [3.8, 4) is 11.1 Å². The van der Waals surface area contributed by atoms with Crippen LogP contribution in [-0.2, 0) is 4.79 Å². The van der Waals surface area contributed by atoms with Gasteiger partial charge < -0.3 is 11.1 Å². The first kappa shape index (κ1) is 21.4. The van der Waals surface area contributed by atoms with Gasteiger partial charge in [-0.25, -0.2) is 0 Å². The van der Waals surface area contributed by atoms with Crippen molar-refractivity contribution in [1.82, 2.24) is 10.3 Å². The Bertz CT molecular complexity index is 664. The van der Waals surface area contributed by atoms with Crippen LogP contribution in [0.15, 0.2) is 48.8 Å². The Labute approximate surface area is 161 Å². The molecule has 4 nitrogen and oxygen atoms in total. The first-order valence-electron chi connectivity index (χ1n) is 8.20. The predicted molar refractivity (Wildman–Crippen MR) is 106 cm³/mol. The van der Waals surface area contributed by atoms with E-state index in [1.165, 1.54) is 0 Å². The van der Waals surface area contributed by atoms with Gasteiger partial charge >= 0.3 is 0 Å². The zero-order valence-corrected chi connectivity index (χ0v) is 15.9. The molecule has 1 fully saturated rings. The molecular formula is C19H25Cl2N3O. The van der Waals surface area contributed by atoms with Crippen LogP contribution in [-0.4, -0.2) is 16.9 Å². The summed E-state index contributed by atoms with van der Waals surface area (Å²) in [5, 5.41) is 3.11. The summed E-state index contributed by atoms with van der Waals surface area (Å²) in [6, 6.07) is 12.4. The Morgan fingerprint density at radius 1 is 1.16 bits per heavy atom. The summed E-state index contributed by atoms with van der Waals surface area (Å²) in [4.78, 5) is 16.4. The lowest BCUT2D eigenvalue weighted by molar-refractivity contribution is -0.125. The summed E-state index contributed by atoms with van der Waals surface area (Å²) in [6.07, 6.45) is 6.28. The van der Waals surface area contributed by atoms with Crippen LogP contribution in [0, 0.1) is 5.92 Å². The van der Waals surface area contributed by atoms with Crippen LogP contribution in [0.2, 0.25) is 0 Å². The van der Waals surface area contributed by atoms with Gasteiger partial charge in [-0.1, -0.05) is 30.3 Å². The lowest BCUT2D eigenvalue weighted by Gasteiger charge is -2.18. The minimum atomic E-state index is 0. The molecule has 136 valence electrons. The van der Waals surface area contributed by atoms with E-state index in [-0.39, 0.29) is 48.7 Å². The normalized spacial score (nSPS) is 20.1. The van der Waals surface area contributed by atoms with Crippen molar-refractivity contribution in [2.45, 2.75) is 38.3 Å². The van der Waals surface area contributed by atoms with Gasteiger partial charge in [0.15, 0.2) is 0 Å². The van der Waals surface area contributed by atoms with E-state index in [0.717, 1.165) is 36.0 Å². The summed E-state index contributed by atoms with van der Waals surface area (Å²) in [6.45, 7) is 2.02. The maximum Gasteiger partial charge on any atom is 0.223 e. The van der Waals surface area contributed by atoms with E-state index >= 15 is 0 Å². The van der Waals surface area contributed by atoms with Crippen molar-refractivity contribution < 1.29 is 4.79 Å². The molecule has 3 rings (SSSR count). The zero-order valence-electron chi connectivity index (χ0n) is 14.2. The fourth-order valence-electron chi connectivity index (χ4n) is 3.17. The molecule has 1 aromatic heterocycles. The smallest absolute Gasteiger partial charge is 0.223 e. The molecule has 1 aromatic carbocycles. The van der Waals surface area contributed by atoms with Crippen molar-refractivity contribution >= 4 is 30.7 Å². The number of nitrogens with zero attached hydrogens (tertiary/aromatic N) is 1. The van der Waals surface area contributed by atoms with Gasteiger partial charge in [-0.2, -0.15) is 0 Å². The van der Waals surface area contributed by atoms with E-state index < -0.39 is 0 Å². The SMILES string of the molecule is CC(NC(=O)C1CCC(N)C1)c1ccc(-c2cccnc2)cc1.Cl.Cl. The van der Waals surface area contributed by atoms with Crippen LogP contribution in [0.4, 0.5) is 0 Å². The summed E-state index contributed by atoms with van der Waals surface area (Å²) in [7, 11) is 0. The van der Waals surface area contributed by atoms with Crippen molar-refractivity contribution in [2.24, 2.45) is 11.7 Å². The van der Waals surface area contributed by atoms with Gasteiger partial charge in [-0.15, -0.1) is 24.8 Å². The quantitative estimate of drug-likeness (QED) is 0.843. The van der Waals surface area contributed by atoms with Gasteiger partial charge in [-0.05, 0) is 48.9 Å². The van der Waals surface area contributed by atoms with Gasteiger partial charge in [0, 0.05) is 24.4 Å². The molecule has 0 spiro atoms. The van der Waals surface area contributed by atoms with Gasteiger partial charge in [-0.3, -0.25) is 9.78 Å². The van der Waals surface area contributed by atoms with Crippen LogP contribution in [0.25, 0.3) is 11.1 Å². The monoisotopic (exact) mass is 381 g/mol. The number of benzene rings is 1. The molecule has 2 aromatic rings. The molecule has 1 aliphatic carbocycles. The standard InChI is InChI=1S/C19H23N3O.2ClH/c1-13(22-19(23)16-8-9-18(20)11-16)14-4-6-15(7-5-14)17-3-2-10-21-12-17;;/h2-7,10,12-13,16,18H,8-9,11,20H2,1H3,(H,22,23);2*1H. The molecule has 6 heteroatoms. The van der Waals surface area contributed by atoms with Gasteiger partial charge in [0.1, 0.15) is 0 Å². The Kier molecular flexibility index (Phi) is 8.36. The third-order valence-electron chi connectivity index (χ3n) is 4.61. The fourth-order valence-corrected chi connectivity index (χ4v) is 3.17. The number of hydrogen-bond acceptors (Lipinski definition) is 3. The highest BCUT2D eigenvalue weighted by molar-refractivity contribution is 5.85. The molecule has 3 unspecified atom stereocenters. The number of nitrogens with one attached hydrogen (secondary N) is 1. The minimum absolute atomic E-state index is 0. The highest BCUT2D eigenvalue weighted by Crippen LogP contribution is 2.26. The molecular weight excluding hydrogens is 357 g/mol. The number of amides is 1. The largest absolute Gasteiger partial charge is 0.349 e. The predicted octanol–water partition coefficient (Wildman–Crippen LogP) is 3.90. The molecule has 0 aliphatic heterocycles. The molecule has 0 bridgehead atoms. The molecule has 1 saturated carbocycles. The minimum Gasteiger partial charge on any atom is -0.349 e. The Hall–Kier alpha value is -1.62. The van der Waals surface area contributed by atoms with Crippen LogP contribution < -0.4 is 11.1 Å². The number of hydrogen-bond donors (Lipinski definition) is 2.